The van der Waals surface area contributed by atoms with Crippen LogP contribution in [0.15, 0.2) is 80.6 Å². The largest absolute Gasteiger partial charge is 0.507 e. The topological polar surface area (TPSA) is 216 Å². The molecule has 3 fully saturated rings. The van der Waals surface area contributed by atoms with E-state index in [0.29, 0.717) is 47.1 Å². The summed E-state index contributed by atoms with van der Waals surface area (Å²) in [7, 11) is 0. The number of allylic oxidation sites excluding steroid dienone is 2. The highest BCUT2D eigenvalue weighted by Gasteiger charge is 2.68. The fourth-order valence-corrected chi connectivity index (χ4v) is 11.1. The molecule has 13 heteroatoms. The second kappa shape index (κ2) is 14.2. The lowest BCUT2D eigenvalue weighted by atomic mass is 9.45. The van der Waals surface area contributed by atoms with E-state index in [-0.39, 0.29) is 76.2 Å². The highest BCUT2D eigenvalue weighted by molar-refractivity contribution is 6.08. The minimum Gasteiger partial charge on any atom is -0.507 e. The van der Waals surface area contributed by atoms with Crippen molar-refractivity contribution in [3.63, 3.8) is 0 Å². The number of phenolic OH excluding ortho intramolecular Hbond substituents is 1. The quantitative estimate of drug-likeness (QED) is 0.0961. The summed E-state index contributed by atoms with van der Waals surface area (Å²) in [5, 5.41) is 61.2. The van der Waals surface area contributed by atoms with Crippen molar-refractivity contribution >= 4 is 34.3 Å². The lowest BCUT2D eigenvalue weighted by Crippen LogP contribution is -2.62. The van der Waals surface area contributed by atoms with Crippen LogP contribution in [0.25, 0.3) is 33.4 Å². The van der Waals surface area contributed by atoms with Crippen molar-refractivity contribution in [1.82, 2.24) is 5.32 Å². The van der Waals surface area contributed by atoms with Gasteiger partial charge in [-0.1, -0.05) is 42.8 Å². The molecule has 57 heavy (non-hydrogen) atoms. The van der Waals surface area contributed by atoms with Gasteiger partial charge in [0.25, 0.3) is 5.91 Å². The van der Waals surface area contributed by atoms with Crippen molar-refractivity contribution in [3.8, 4) is 28.2 Å². The number of amides is 1. The summed E-state index contributed by atoms with van der Waals surface area (Å²) in [6.07, 6.45) is 5.33. The number of carbonyl (C=O) groups is 3. The van der Waals surface area contributed by atoms with Crippen molar-refractivity contribution in [2.24, 2.45) is 33.7 Å². The number of nitrogens with one attached hydrogen (secondary N) is 1. The Morgan fingerprint density at radius 3 is 2.58 bits per heavy atom. The number of nitrogens with zero attached hydrogens (tertiary/aromatic N) is 1. The summed E-state index contributed by atoms with van der Waals surface area (Å²) in [4.78, 5) is 55.9. The van der Waals surface area contributed by atoms with E-state index in [2.05, 4.69) is 17.4 Å². The van der Waals surface area contributed by atoms with Crippen LogP contribution < -0.4 is 10.7 Å². The molecule has 0 aromatic heterocycles. The zero-order valence-corrected chi connectivity index (χ0v) is 31.8. The van der Waals surface area contributed by atoms with Crippen LogP contribution in [0.1, 0.15) is 74.7 Å². The number of aromatic hydroxyl groups is 1. The Kier molecular flexibility index (Phi) is 9.61. The Labute approximate surface area is 328 Å². The molecule has 6 N–H and O–H groups in total. The molecule has 2 aromatic carbocycles. The maximum atomic E-state index is 13.0. The predicted octanol–water partition coefficient (Wildman–Crippen LogP) is 5.18. The highest BCUT2D eigenvalue weighted by Crippen LogP contribution is 2.67. The van der Waals surface area contributed by atoms with Gasteiger partial charge < -0.3 is 40.1 Å². The van der Waals surface area contributed by atoms with Crippen LogP contribution in [0.2, 0.25) is 0 Å². The van der Waals surface area contributed by atoms with Crippen molar-refractivity contribution in [3.05, 3.63) is 87.6 Å². The van der Waals surface area contributed by atoms with Crippen LogP contribution in [-0.4, -0.2) is 73.8 Å². The molecule has 0 saturated heterocycles. The summed E-state index contributed by atoms with van der Waals surface area (Å²) < 4.78 is 6.17. The average Bonchev–Trinajstić information content (AvgIpc) is 3.46. The molecule has 7 atom stereocenters. The van der Waals surface area contributed by atoms with Gasteiger partial charge in [-0.25, -0.2) is 4.79 Å². The molecule has 0 radical (unpaired) electrons. The maximum Gasteiger partial charge on any atom is 0.336 e. The molecule has 298 valence electrons. The number of carboxylic acids is 1. The van der Waals surface area contributed by atoms with Crippen LogP contribution in [0.3, 0.4) is 0 Å². The molecule has 1 heterocycles. The van der Waals surface area contributed by atoms with E-state index in [1.165, 1.54) is 24.3 Å². The van der Waals surface area contributed by atoms with Crippen molar-refractivity contribution in [2.45, 2.75) is 77.0 Å². The zero-order chi connectivity index (χ0) is 40.4. The number of hydrogen-bond acceptors (Lipinski definition) is 11. The van der Waals surface area contributed by atoms with Gasteiger partial charge in [-0.05, 0) is 110 Å². The first-order valence-corrected chi connectivity index (χ1v) is 19.5. The van der Waals surface area contributed by atoms with Gasteiger partial charge in [-0.2, -0.15) is 0 Å². The molecule has 1 aliphatic heterocycles. The number of carbonyl (C=O) groups excluding carboxylic acids is 2. The fraction of sp³-hybridized carbons (Fsp3) is 0.432. The summed E-state index contributed by atoms with van der Waals surface area (Å²) in [5.74, 6) is -2.11. The zero-order valence-electron chi connectivity index (χ0n) is 31.8. The van der Waals surface area contributed by atoms with E-state index in [9.17, 15) is 44.7 Å². The standard InChI is InChI=1S/C44H46N2O11/c1-42-15-13-24(17-23(42)7-9-28-32-14-16-44(55,36(51)21-47)43(32,2)19-34(50)39(28)42)46-56-22-37(52)45-20-31-33(49)12-11-30-38(26-5-3-4-6-27(26)41(53)54)29-10-8-25(48)18-35(29)57-40(30)31/h3-6,8,10-12,17-18,28,32,34,39,47,49-50,55H,7,9,13-16,19-22H2,1-2H3,(H,45,52)(H,53,54)/t28?,32?,34-,39?,42-,43-,44-/m0/s1. The summed E-state index contributed by atoms with van der Waals surface area (Å²) in [6, 6.07) is 13.8. The van der Waals surface area contributed by atoms with E-state index in [4.69, 9.17) is 9.25 Å². The summed E-state index contributed by atoms with van der Waals surface area (Å²) >= 11 is 0. The lowest BCUT2D eigenvalue weighted by molar-refractivity contribution is -0.181. The molecule has 3 unspecified atom stereocenters. The molecular formula is C44H46N2O11. The number of hydrogen-bond donors (Lipinski definition) is 6. The lowest BCUT2D eigenvalue weighted by Gasteiger charge is -2.60. The number of ketones is 1. The van der Waals surface area contributed by atoms with Crippen LogP contribution in [-0.2, 0) is 21.0 Å². The number of phenols is 1. The van der Waals surface area contributed by atoms with Gasteiger partial charge in [0.2, 0.25) is 0 Å². The smallest absolute Gasteiger partial charge is 0.336 e. The SMILES string of the molecule is C[C@]12CCC(=NOCC(=O)NCc3c(O)ccc4c(-c5ccccc5C(=O)O)c5ccc(=O)cc-5oc34)C=C1CCC1C2[C@@H](O)C[C@@]2(C)C1CC[C@]2(O)C(=O)CO. The van der Waals surface area contributed by atoms with Crippen LogP contribution in [0.4, 0.5) is 0 Å². The minimum atomic E-state index is -1.65. The number of rotatable bonds is 9. The van der Waals surface area contributed by atoms with Gasteiger partial charge in [0.05, 0.1) is 29.5 Å². The highest BCUT2D eigenvalue weighted by atomic mass is 16.6. The Bertz CT molecular complexity index is 2400. The number of Topliss-reactive ketones (excluding diaryl/α,β-unsaturated/α-hetero) is 1. The Balaban J connectivity index is 0.980. The normalized spacial score (nSPS) is 30.0. The van der Waals surface area contributed by atoms with Gasteiger partial charge in [0.15, 0.2) is 17.8 Å². The molecule has 3 saturated carbocycles. The number of aromatic carboxylic acids is 1. The van der Waals surface area contributed by atoms with Gasteiger partial charge >= 0.3 is 5.97 Å². The molecule has 5 aliphatic carbocycles. The number of aliphatic hydroxyl groups excluding tert-OH is 2. The van der Waals surface area contributed by atoms with Crippen molar-refractivity contribution in [1.29, 1.82) is 0 Å². The third-order valence-electron chi connectivity index (χ3n) is 13.9. The van der Waals surface area contributed by atoms with E-state index in [1.807, 2.05) is 13.0 Å². The summed E-state index contributed by atoms with van der Waals surface area (Å²) in [6.45, 7) is 2.77. The number of fused-ring (bicyclic) bond motifs is 7. The molecular weight excluding hydrogens is 732 g/mol. The van der Waals surface area contributed by atoms with Crippen molar-refractivity contribution in [2.75, 3.05) is 13.2 Å². The molecule has 2 aromatic rings. The van der Waals surface area contributed by atoms with Gasteiger partial charge in [-0.15, -0.1) is 0 Å². The van der Waals surface area contributed by atoms with Gasteiger partial charge in [0, 0.05) is 28.0 Å². The first kappa shape index (κ1) is 38.5. The monoisotopic (exact) mass is 778 g/mol. The predicted molar refractivity (Wildman–Crippen MR) is 209 cm³/mol. The molecule has 6 aliphatic rings. The van der Waals surface area contributed by atoms with Gasteiger partial charge in [-0.3, -0.25) is 14.4 Å². The number of benzene rings is 3. The third kappa shape index (κ3) is 6.14. The van der Waals surface area contributed by atoms with Crippen LogP contribution in [0, 0.1) is 28.6 Å². The molecule has 1 amide bonds. The minimum absolute atomic E-state index is 0.0422. The van der Waals surface area contributed by atoms with E-state index in [1.54, 1.807) is 30.3 Å². The number of carboxylic acid groups (broad SMARTS) is 1. The Morgan fingerprint density at radius 1 is 1.02 bits per heavy atom. The van der Waals surface area contributed by atoms with E-state index < -0.39 is 48.0 Å². The maximum absolute atomic E-state index is 13.0. The first-order chi connectivity index (χ1) is 27.2. The Hall–Kier alpha value is -5.37. The second-order valence-electron chi connectivity index (χ2n) is 16.6. The third-order valence-corrected chi connectivity index (χ3v) is 13.9. The number of oxime groups is 1. The van der Waals surface area contributed by atoms with E-state index in [0.717, 1.165) is 18.4 Å². The van der Waals surface area contributed by atoms with Crippen molar-refractivity contribution < 1.29 is 49.2 Å². The second-order valence-corrected chi connectivity index (χ2v) is 16.6. The molecule has 0 spiro atoms. The molecule has 0 bridgehead atoms. The molecule has 13 nitrogen and oxygen atoms in total. The van der Waals surface area contributed by atoms with E-state index >= 15 is 0 Å². The van der Waals surface area contributed by atoms with Crippen LogP contribution in [0.5, 0.6) is 5.75 Å². The Morgan fingerprint density at radius 2 is 1.81 bits per heavy atom. The fourth-order valence-electron chi connectivity index (χ4n) is 11.1. The molecule has 8 rings (SSSR count). The van der Waals surface area contributed by atoms with Crippen LogP contribution >= 0.6 is 0 Å². The number of aliphatic hydroxyl groups is 3. The summed E-state index contributed by atoms with van der Waals surface area (Å²) in [5.41, 5.74) is 0.573. The average molecular weight is 779 g/mol. The first-order valence-electron chi connectivity index (χ1n) is 19.5. The van der Waals surface area contributed by atoms with Gasteiger partial charge in [0.1, 0.15) is 29.3 Å².